The molecule has 9 heteroatoms. The molecule has 172 valence electrons. The minimum Gasteiger partial charge on any atom is -0.351 e. The number of carbonyl (C=O) groups is 2. The normalized spacial score (nSPS) is 24.5. The lowest BCUT2D eigenvalue weighted by Gasteiger charge is -2.47. The van der Waals surface area contributed by atoms with Crippen molar-refractivity contribution in [1.82, 2.24) is 9.62 Å². The minimum absolute atomic E-state index is 0.0292. The van der Waals surface area contributed by atoms with E-state index in [1.165, 1.54) is 11.3 Å². The standard InChI is InChI=1S/C22H32ClN3O4S/c1-16-13-17(23)11-12-19(16)26-20(27)14-25(31(3,29)30)15-22(26,2)21(28)24-18-9-7-5-4-6-8-10-18/h11-13,18H,4-10,14-15H2,1-3H3,(H,24,28). The first-order valence-corrected chi connectivity index (χ1v) is 13.1. The van der Waals surface area contributed by atoms with Crippen molar-refractivity contribution in [1.29, 1.82) is 0 Å². The Morgan fingerprint density at radius 1 is 1.16 bits per heavy atom. The summed E-state index contributed by atoms with van der Waals surface area (Å²) in [6, 6.07) is 5.15. The van der Waals surface area contributed by atoms with E-state index in [1.54, 1.807) is 25.1 Å². The van der Waals surface area contributed by atoms with Gasteiger partial charge in [-0.2, -0.15) is 4.31 Å². The van der Waals surface area contributed by atoms with Gasteiger partial charge >= 0.3 is 0 Å². The Bertz CT molecular complexity index is 944. The van der Waals surface area contributed by atoms with Crippen molar-refractivity contribution in [3.05, 3.63) is 28.8 Å². The Morgan fingerprint density at radius 3 is 2.35 bits per heavy atom. The Morgan fingerprint density at radius 2 is 1.77 bits per heavy atom. The molecule has 1 aromatic carbocycles. The van der Waals surface area contributed by atoms with Crippen LogP contribution in [0.3, 0.4) is 0 Å². The zero-order chi connectivity index (χ0) is 22.8. The summed E-state index contributed by atoms with van der Waals surface area (Å²) in [6.45, 7) is 3.07. The van der Waals surface area contributed by atoms with E-state index in [2.05, 4.69) is 5.32 Å². The van der Waals surface area contributed by atoms with E-state index in [4.69, 9.17) is 11.6 Å². The summed E-state index contributed by atoms with van der Waals surface area (Å²) in [4.78, 5) is 28.3. The smallest absolute Gasteiger partial charge is 0.247 e. The molecule has 0 bridgehead atoms. The predicted molar refractivity (Wildman–Crippen MR) is 123 cm³/mol. The van der Waals surface area contributed by atoms with Gasteiger partial charge in [-0.25, -0.2) is 8.42 Å². The topological polar surface area (TPSA) is 86.8 Å². The fourth-order valence-electron chi connectivity index (χ4n) is 4.59. The zero-order valence-corrected chi connectivity index (χ0v) is 20.1. The van der Waals surface area contributed by atoms with Gasteiger partial charge in [0.1, 0.15) is 5.54 Å². The van der Waals surface area contributed by atoms with Crippen LogP contribution in [0.1, 0.15) is 57.4 Å². The van der Waals surface area contributed by atoms with Gasteiger partial charge in [-0.3, -0.25) is 14.5 Å². The summed E-state index contributed by atoms with van der Waals surface area (Å²) in [5.74, 6) is -0.758. The summed E-state index contributed by atoms with van der Waals surface area (Å²) in [7, 11) is -3.64. The summed E-state index contributed by atoms with van der Waals surface area (Å²) >= 11 is 6.10. The third kappa shape index (κ3) is 5.41. The molecule has 7 nitrogen and oxygen atoms in total. The number of rotatable bonds is 4. The van der Waals surface area contributed by atoms with Crippen LogP contribution in [0, 0.1) is 6.92 Å². The van der Waals surface area contributed by atoms with Crippen molar-refractivity contribution in [2.45, 2.75) is 70.4 Å². The van der Waals surface area contributed by atoms with Crippen molar-refractivity contribution in [3.63, 3.8) is 0 Å². The van der Waals surface area contributed by atoms with Crippen molar-refractivity contribution < 1.29 is 18.0 Å². The van der Waals surface area contributed by atoms with E-state index in [-0.39, 0.29) is 25.0 Å². The van der Waals surface area contributed by atoms with E-state index in [9.17, 15) is 18.0 Å². The van der Waals surface area contributed by atoms with E-state index in [1.807, 2.05) is 6.92 Å². The van der Waals surface area contributed by atoms with Gasteiger partial charge in [-0.05, 0) is 50.5 Å². The molecule has 1 aliphatic heterocycles. The number of amides is 2. The third-order valence-electron chi connectivity index (χ3n) is 6.34. The molecule has 0 spiro atoms. The molecule has 1 saturated heterocycles. The van der Waals surface area contributed by atoms with Crippen LogP contribution in [0.15, 0.2) is 18.2 Å². The molecule has 1 aliphatic carbocycles. The second-order valence-corrected chi connectivity index (χ2v) is 11.4. The molecule has 1 unspecified atom stereocenters. The van der Waals surface area contributed by atoms with E-state index in [0.29, 0.717) is 10.7 Å². The van der Waals surface area contributed by atoms with E-state index in [0.717, 1.165) is 54.6 Å². The van der Waals surface area contributed by atoms with Gasteiger partial charge in [0.15, 0.2) is 0 Å². The second-order valence-electron chi connectivity index (χ2n) is 8.98. The number of halogens is 1. The maximum absolute atomic E-state index is 13.6. The quantitative estimate of drug-likeness (QED) is 0.733. The molecule has 0 aromatic heterocycles. The fraction of sp³-hybridized carbons (Fsp3) is 0.636. The lowest BCUT2D eigenvalue weighted by molar-refractivity contribution is -0.133. The second kappa shape index (κ2) is 9.46. The first kappa shape index (κ1) is 24.0. The number of carbonyl (C=O) groups excluding carboxylic acids is 2. The summed E-state index contributed by atoms with van der Waals surface area (Å²) < 4.78 is 25.6. The number of piperazine rings is 1. The highest BCUT2D eigenvalue weighted by Gasteiger charge is 2.50. The van der Waals surface area contributed by atoms with Crippen LogP contribution in [-0.2, 0) is 19.6 Å². The maximum Gasteiger partial charge on any atom is 0.247 e. The van der Waals surface area contributed by atoms with Crippen LogP contribution in [-0.4, -0.2) is 55.5 Å². The van der Waals surface area contributed by atoms with Crippen molar-refractivity contribution in [2.24, 2.45) is 0 Å². The van der Waals surface area contributed by atoms with Gasteiger partial charge in [0.05, 0.1) is 12.8 Å². The monoisotopic (exact) mass is 469 g/mol. The first-order chi connectivity index (χ1) is 14.5. The first-order valence-electron chi connectivity index (χ1n) is 10.9. The molecular formula is C22H32ClN3O4S. The number of sulfonamides is 1. The molecule has 2 aliphatic rings. The predicted octanol–water partition coefficient (Wildman–Crippen LogP) is 3.24. The van der Waals surface area contributed by atoms with Crippen molar-refractivity contribution in [2.75, 3.05) is 24.2 Å². The third-order valence-corrected chi connectivity index (χ3v) is 7.77. The van der Waals surface area contributed by atoms with Crippen LogP contribution in [0.2, 0.25) is 5.02 Å². The number of hydrogen-bond acceptors (Lipinski definition) is 4. The molecular weight excluding hydrogens is 438 g/mol. The van der Waals surface area contributed by atoms with Crippen LogP contribution in [0.25, 0.3) is 0 Å². The molecule has 1 heterocycles. The fourth-order valence-corrected chi connectivity index (χ4v) is 5.64. The molecule has 0 radical (unpaired) electrons. The van der Waals surface area contributed by atoms with Gasteiger partial charge in [-0.15, -0.1) is 0 Å². The average Bonchev–Trinajstić information content (AvgIpc) is 2.64. The molecule has 1 aromatic rings. The van der Waals surface area contributed by atoms with Crippen molar-refractivity contribution in [3.8, 4) is 0 Å². The van der Waals surface area contributed by atoms with Crippen molar-refractivity contribution >= 4 is 39.1 Å². The summed E-state index contributed by atoms with van der Waals surface area (Å²) in [6.07, 6.45) is 8.49. The summed E-state index contributed by atoms with van der Waals surface area (Å²) in [5.41, 5.74) is -0.0594. The average molecular weight is 470 g/mol. The van der Waals surface area contributed by atoms with Crippen LogP contribution < -0.4 is 10.2 Å². The minimum atomic E-state index is -3.64. The number of benzene rings is 1. The molecule has 2 amide bonds. The highest BCUT2D eigenvalue weighted by atomic mass is 35.5. The van der Waals surface area contributed by atoms with Gasteiger partial charge in [-0.1, -0.05) is 43.7 Å². The Balaban J connectivity index is 1.97. The molecule has 3 rings (SSSR count). The molecule has 1 N–H and O–H groups in total. The highest BCUT2D eigenvalue weighted by Crippen LogP contribution is 2.34. The van der Waals surface area contributed by atoms with Gasteiger partial charge in [0.2, 0.25) is 21.8 Å². The van der Waals surface area contributed by atoms with Crippen LogP contribution in [0.4, 0.5) is 5.69 Å². The molecule has 2 fully saturated rings. The summed E-state index contributed by atoms with van der Waals surface area (Å²) in [5, 5.41) is 3.67. The van der Waals surface area contributed by atoms with E-state index < -0.39 is 21.5 Å². The van der Waals surface area contributed by atoms with E-state index >= 15 is 0 Å². The van der Waals surface area contributed by atoms with Crippen LogP contribution >= 0.6 is 11.6 Å². The Hall–Kier alpha value is -1.64. The number of nitrogens with one attached hydrogen (secondary N) is 1. The molecule has 31 heavy (non-hydrogen) atoms. The highest BCUT2D eigenvalue weighted by molar-refractivity contribution is 7.88. The van der Waals surface area contributed by atoms with Gasteiger partial charge in [0.25, 0.3) is 0 Å². The lowest BCUT2D eigenvalue weighted by atomic mass is 9.91. The zero-order valence-electron chi connectivity index (χ0n) is 18.5. The largest absolute Gasteiger partial charge is 0.351 e. The number of hydrogen-bond donors (Lipinski definition) is 1. The number of anilines is 1. The number of aryl methyl sites for hydroxylation is 1. The Labute approximate surface area is 190 Å². The SMILES string of the molecule is Cc1cc(Cl)ccc1N1C(=O)CN(S(C)(=O)=O)CC1(C)C(=O)NC1CCCCCCC1. The van der Waals surface area contributed by atoms with Gasteiger partial charge < -0.3 is 5.32 Å². The lowest BCUT2D eigenvalue weighted by Crippen LogP contribution is -2.70. The molecule has 1 saturated carbocycles. The van der Waals surface area contributed by atoms with Gasteiger partial charge in [0, 0.05) is 23.3 Å². The Kier molecular flexibility index (Phi) is 7.33. The van der Waals surface area contributed by atoms with Crippen LogP contribution in [0.5, 0.6) is 0 Å². The number of nitrogens with zero attached hydrogens (tertiary/aromatic N) is 2. The molecule has 1 atom stereocenters. The maximum atomic E-state index is 13.6.